The van der Waals surface area contributed by atoms with Gasteiger partial charge in [0.25, 0.3) is 0 Å². The molecule has 0 radical (unpaired) electrons. The molecule has 0 aliphatic carbocycles. The highest BCUT2D eigenvalue weighted by Gasteiger charge is 2.36. The second kappa shape index (κ2) is 19.2. The molecule has 32 heavy (non-hydrogen) atoms. The van der Waals surface area contributed by atoms with Gasteiger partial charge in [0.2, 0.25) is 0 Å². The maximum absolute atomic E-state index is 6.44. The third-order valence-electron chi connectivity index (χ3n) is 7.95. The molecular formula is C30H58O2. The van der Waals surface area contributed by atoms with E-state index in [1.165, 1.54) is 154 Å². The first-order chi connectivity index (χ1) is 15.8. The minimum Gasteiger partial charge on any atom is -0.372 e. The minimum atomic E-state index is 0.395. The first kappa shape index (κ1) is 28.2. The second-order valence-corrected chi connectivity index (χ2v) is 11.0. The Morgan fingerprint density at radius 2 is 0.719 bits per heavy atom. The molecule has 2 saturated heterocycles. The SMILES string of the molecule is CCCCCCCCCCC[C@H]1CC[C@H]([C@H]2CC[C@H](CCCCCCCCCCC)O2)O1. The summed E-state index contributed by atoms with van der Waals surface area (Å²) in [5, 5.41) is 0. The van der Waals surface area contributed by atoms with Crippen LogP contribution < -0.4 is 0 Å². The average molecular weight is 451 g/mol. The summed E-state index contributed by atoms with van der Waals surface area (Å²) in [5.41, 5.74) is 0. The normalized spacial score (nSPS) is 25.7. The highest BCUT2D eigenvalue weighted by Crippen LogP contribution is 2.34. The molecule has 190 valence electrons. The predicted octanol–water partition coefficient (Wildman–Crippen LogP) is 9.92. The van der Waals surface area contributed by atoms with Gasteiger partial charge in [0.05, 0.1) is 24.4 Å². The van der Waals surface area contributed by atoms with Crippen LogP contribution in [0.25, 0.3) is 0 Å². The molecule has 2 rings (SSSR count). The molecule has 2 fully saturated rings. The lowest BCUT2D eigenvalue weighted by Crippen LogP contribution is -2.27. The molecular weight excluding hydrogens is 392 g/mol. The molecule has 0 N–H and O–H groups in total. The molecule has 0 bridgehead atoms. The number of hydrogen-bond donors (Lipinski definition) is 0. The lowest BCUT2D eigenvalue weighted by molar-refractivity contribution is -0.0680. The van der Waals surface area contributed by atoms with E-state index in [2.05, 4.69) is 13.8 Å². The van der Waals surface area contributed by atoms with Crippen molar-refractivity contribution in [2.24, 2.45) is 0 Å². The summed E-state index contributed by atoms with van der Waals surface area (Å²) in [5.74, 6) is 0. The van der Waals surface area contributed by atoms with Gasteiger partial charge in [-0.1, -0.05) is 129 Å². The predicted molar refractivity (Wildman–Crippen MR) is 139 cm³/mol. The van der Waals surface area contributed by atoms with Gasteiger partial charge in [0.15, 0.2) is 0 Å². The molecule has 0 aromatic carbocycles. The maximum atomic E-state index is 6.44. The van der Waals surface area contributed by atoms with Crippen molar-refractivity contribution < 1.29 is 9.47 Å². The number of hydrogen-bond acceptors (Lipinski definition) is 2. The lowest BCUT2D eigenvalue weighted by Gasteiger charge is -2.20. The molecule has 4 atom stereocenters. The van der Waals surface area contributed by atoms with Gasteiger partial charge in [-0.05, 0) is 38.5 Å². The van der Waals surface area contributed by atoms with E-state index in [0.717, 1.165) is 0 Å². The number of ether oxygens (including phenoxy) is 2. The summed E-state index contributed by atoms with van der Waals surface area (Å²) in [6, 6.07) is 0. The Morgan fingerprint density at radius 1 is 0.406 bits per heavy atom. The third-order valence-corrected chi connectivity index (χ3v) is 7.95. The summed E-state index contributed by atoms with van der Waals surface area (Å²) in [4.78, 5) is 0. The van der Waals surface area contributed by atoms with E-state index in [0.29, 0.717) is 24.4 Å². The van der Waals surface area contributed by atoms with Crippen molar-refractivity contribution in [3.05, 3.63) is 0 Å². The van der Waals surface area contributed by atoms with Crippen molar-refractivity contribution in [1.29, 1.82) is 0 Å². The molecule has 2 aliphatic heterocycles. The van der Waals surface area contributed by atoms with Crippen LogP contribution in [0.1, 0.15) is 168 Å². The number of rotatable bonds is 21. The maximum Gasteiger partial charge on any atom is 0.0841 e. The Morgan fingerprint density at radius 3 is 1.06 bits per heavy atom. The summed E-state index contributed by atoms with van der Waals surface area (Å²) in [6.45, 7) is 4.59. The molecule has 2 nitrogen and oxygen atoms in total. The molecule has 0 spiro atoms. The highest BCUT2D eigenvalue weighted by molar-refractivity contribution is 4.85. The molecule has 0 saturated carbocycles. The second-order valence-electron chi connectivity index (χ2n) is 11.0. The van der Waals surface area contributed by atoms with Crippen molar-refractivity contribution in [3.63, 3.8) is 0 Å². The zero-order chi connectivity index (χ0) is 22.7. The fourth-order valence-corrected chi connectivity index (χ4v) is 5.80. The zero-order valence-electron chi connectivity index (χ0n) is 22.1. The molecule has 2 aliphatic rings. The Kier molecular flexibility index (Phi) is 16.9. The first-order valence-electron chi connectivity index (χ1n) is 15.1. The molecule has 0 unspecified atom stereocenters. The van der Waals surface area contributed by atoms with E-state index in [1.807, 2.05) is 0 Å². The fourth-order valence-electron chi connectivity index (χ4n) is 5.80. The summed E-state index contributed by atoms with van der Waals surface area (Å²) in [7, 11) is 0. The lowest BCUT2D eigenvalue weighted by atomic mass is 10.0. The standard InChI is InChI=1S/C30H58O2/c1-3-5-7-9-11-13-15-17-19-21-27-23-25-29(31-27)30-26-24-28(32-30)22-20-18-16-14-12-10-8-6-4-2/h27-30H,3-26H2,1-2H3/t27-,28-,29+,30+/m0/s1. The Balaban J connectivity index is 1.40. The van der Waals surface area contributed by atoms with Gasteiger partial charge >= 0.3 is 0 Å². The van der Waals surface area contributed by atoms with Crippen molar-refractivity contribution >= 4 is 0 Å². The van der Waals surface area contributed by atoms with Crippen LogP contribution in [0.5, 0.6) is 0 Å². The van der Waals surface area contributed by atoms with Crippen LogP contribution in [-0.4, -0.2) is 24.4 Å². The van der Waals surface area contributed by atoms with E-state index >= 15 is 0 Å². The monoisotopic (exact) mass is 450 g/mol. The van der Waals surface area contributed by atoms with Crippen LogP contribution in [0, 0.1) is 0 Å². The van der Waals surface area contributed by atoms with E-state index in [4.69, 9.17) is 9.47 Å². The van der Waals surface area contributed by atoms with Crippen LogP contribution in [0.4, 0.5) is 0 Å². The van der Waals surface area contributed by atoms with Gasteiger partial charge in [0, 0.05) is 0 Å². The van der Waals surface area contributed by atoms with E-state index in [-0.39, 0.29) is 0 Å². The minimum absolute atomic E-state index is 0.395. The van der Waals surface area contributed by atoms with Crippen LogP contribution in [-0.2, 0) is 9.47 Å². The van der Waals surface area contributed by atoms with Gasteiger partial charge in [-0.3, -0.25) is 0 Å². The van der Waals surface area contributed by atoms with Crippen molar-refractivity contribution in [2.45, 2.75) is 192 Å². The van der Waals surface area contributed by atoms with E-state index in [9.17, 15) is 0 Å². The summed E-state index contributed by atoms with van der Waals surface area (Å²) >= 11 is 0. The van der Waals surface area contributed by atoms with Gasteiger partial charge in [-0.2, -0.15) is 0 Å². The van der Waals surface area contributed by atoms with Crippen LogP contribution >= 0.6 is 0 Å². The van der Waals surface area contributed by atoms with Crippen molar-refractivity contribution in [3.8, 4) is 0 Å². The van der Waals surface area contributed by atoms with Crippen LogP contribution in [0.3, 0.4) is 0 Å². The molecule has 0 amide bonds. The molecule has 0 aromatic heterocycles. The Hall–Kier alpha value is -0.0800. The van der Waals surface area contributed by atoms with Crippen LogP contribution in [0.15, 0.2) is 0 Å². The van der Waals surface area contributed by atoms with Gasteiger partial charge in [-0.25, -0.2) is 0 Å². The molecule has 2 heterocycles. The van der Waals surface area contributed by atoms with Crippen molar-refractivity contribution in [2.75, 3.05) is 0 Å². The molecule has 0 aromatic rings. The van der Waals surface area contributed by atoms with E-state index < -0.39 is 0 Å². The van der Waals surface area contributed by atoms with E-state index in [1.54, 1.807) is 0 Å². The highest BCUT2D eigenvalue weighted by atomic mass is 16.6. The topological polar surface area (TPSA) is 18.5 Å². The Bertz CT molecular complexity index is 372. The third kappa shape index (κ3) is 13.0. The molecule has 2 heteroatoms. The smallest absolute Gasteiger partial charge is 0.0841 e. The van der Waals surface area contributed by atoms with Crippen LogP contribution in [0.2, 0.25) is 0 Å². The average Bonchev–Trinajstić information content (AvgIpc) is 3.46. The fraction of sp³-hybridized carbons (Fsp3) is 1.00. The largest absolute Gasteiger partial charge is 0.372 e. The zero-order valence-corrected chi connectivity index (χ0v) is 22.1. The number of unbranched alkanes of at least 4 members (excludes halogenated alkanes) is 16. The van der Waals surface area contributed by atoms with Gasteiger partial charge < -0.3 is 9.47 Å². The summed E-state index contributed by atoms with van der Waals surface area (Å²) in [6.07, 6.45) is 34.9. The van der Waals surface area contributed by atoms with Gasteiger partial charge in [0.1, 0.15) is 0 Å². The van der Waals surface area contributed by atoms with Gasteiger partial charge in [-0.15, -0.1) is 0 Å². The quantitative estimate of drug-likeness (QED) is 0.162. The van der Waals surface area contributed by atoms with Crippen molar-refractivity contribution in [1.82, 2.24) is 0 Å². The Labute approximate surface area is 202 Å². The first-order valence-corrected chi connectivity index (χ1v) is 15.1. The summed E-state index contributed by atoms with van der Waals surface area (Å²) < 4.78 is 12.9.